The van der Waals surface area contributed by atoms with Gasteiger partial charge in [-0.05, 0) is 19.1 Å². The number of aromatic hydroxyl groups is 1. The maximum absolute atomic E-state index is 11.9. The summed E-state index contributed by atoms with van der Waals surface area (Å²) >= 11 is 0. The van der Waals surface area contributed by atoms with Crippen molar-refractivity contribution in [2.24, 2.45) is 0 Å². The maximum atomic E-state index is 11.9. The maximum Gasteiger partial charge on any atom is 0.335 e. The van der Waals surface area contributed by atoms with E-state index in [0.29, 0.717) is 30.4 Å². The molecule has 1 aliphatic rings. The Labute approximate surface area is 113 Å². The van der Waals surface area contributed by atoms with Crippen molar-refractivity contribution in [2.45, 2.75) is 6.92 Å². The molecule has 104 valence electrons. The number of nitrogens with zero attached hydrogens (tertiary/aromatic N) is 1. The Bertz CT molecular complexity index is 790. The molecule has 0 saturated heterocycles. The van der Waals surface area contributed by atoms with Crippen LogP contribution in [0.1, 0.15) is 5.56 Å². The molecule has 0 unspecified atom stereocenters. The van der Waals surface area contributed by atoms with Gasteiger partial charge in [0.25, 0.3) is 5.56 Å². The molecule has 0 aliphatic carbocycles. The van der Waals surface area contributed by atoms with Crippen molar-refractivity contribution in [1.29, 1.82) is 0 Å². The summed E-state index contributed by atoms with van der Waals surface area (Å²) in [5.41, 5.74) is -0.869. The van der Waals surface area contributed by atoms with Gasteiger partial charge in [0, 0.05) is 6.07 Å². The van der Waals surface area contributed by atoms with Crippen LogP contribution < -0.4 is 20.7 Å². The molecular weight excluding hydrogens is 264 g/mol. The molecule has 0 amide bonds. The zero-order valence-electron chi connectivity index (χ0n) is 10.7. The van der Waals surface area contributed by atoms with E-state index in [1.165, 1.54) is 6.92 Å². The molecule has 7 heteroatoms. The van der Waals surface area contributed by atoms with Gasteiger partial charge in [0.1, 0.15) is 13.2 Å². The van der Waals surface area contributed by atoms with Gasteiger partial charge in [0.05, 0.1) is 11.3 Å². The zero-order chi connectivity index (χ0) is 14.3. The predicted molar refractivity (Wildman–Crippen MR) is 70.1 cm³/mol. The van der Waals surface area contributed by atoms with Crippen LogP contribution in [0.4, 0.5) is 0 Å². The average molecular weight is 276 g/mol. The molecule has 1 aliphatic heterocycles. The minimum absolute atomic E-state index is 0.0690. The number of nitrogens with one attached hydrogen (secondary N) is 1. The van der Waals surface area contributed by atoms with Gasteiger partial charge in [0.2, 0.25) is 5.88 Å². The summed E-state index contributed by atoms with van der Waals surface area (Å²) in [6, 6.07) is 4.83. The molecule has 0 fully saturated rings. The standard InChI is InChI=1S/C13H12N2O5/c1-7-11(16)14-13(18)15(12(7)17)8-2-3-9-10(6-8)20-5-4-19-9/h2-3,6,17H,4-5H2,1H3,(H,14,16,18). The van der Waals surface area contributed by atoms with Gasteiger partial charge in [-0.25, -0.2) is 9.36 Å². The van der Waals surface area contributed by atoms with E-state index in [0.717, 1.165) is 4.57 Å². The summed E-state index contributed by atoms with van der Waals surface area (Å²) in [5, 5.41) is 9.99. The lowest BCUT2D eigenvalue weighted by Gasteiger charge is -2.19. The van der Waals surface area contributed by atoms with E-state index >= 15 is 0 Å². The highest BCUT2D eigenvalue weighted by Crippen LogP contribution is 2.32. The number of hydrogen-bond acceptors (Lipinski definition) is 5. The summed E-state index contributed by atoms with van der Waals surface area (Å²) in [7, 11) is 0. The quantitative estimate of drug-likeness (QED) is 0.782. The fourth-order valence-corrected chi connectivity index (χ4v) is 2.02. The second-order valence-corrected chi connectivity index (χ2v) is 4.37. The average Bonchev–Trinajstić information content (AvgIpc) is 2.45. The second-order valence-electron chi connectivity index (χ2n) is 4.37. The van der Waals surface area contributed by atoms with E-state index in [-0.39, 0.29) is 5.56 Å². The van der Waals surface area contributed by atoms with E-state index in [1.54, 1.807) is 18.2 Å². The number of aromatic amines is 1. The molecule has 20 heavy (non-hydrogen) atoms. The number of fused-ring (bicyclic) bond motifs is 1. The van der Waals surface area contributed by atoms with Gasteiger partial charge in [-0.2, -0.15) is 0 Å². The topological polar surface area (TPSA) is 93.6 Å². The first-order valence-electron chi connectivity index (χ1n) is 6.03. The summed E-state index contributed by atoms with van der Waals surface area (Å²) in [6.07, 6.45) is 0. The molecule has 0 spiro atoms. The fraction of sp³-hybridized carbons (Fsp3) is 0.231. The predicted octanol–water partition coefficient (Wildman–Crippen LogP) is 0.311. The van der Waals surface area contributed by atoms with Crippen LogP contribution in [0.2, 0.25) is 0 Å². The molecule has 7 nitrogen and oxygen atoms in total. The van der Waals surface area contributed by atoms with E-state index in [9.17, 15) is 14.7 Å². The van der Waals surface area contributed by atoms with Crippen molar-refractivity contribution in [3.63, 3.8) is 0 Å². The molecule has 3 rings (SSSR count). The van der Waals surface area contributed by atoms with Crippen LogP contribution in [-0.4, -0.2) is 27.9 Å². The van der Waals surface area contributed by atoms with E-state index in [2.05, 4.69) is 4.98 Å². The zero-order valence-corrected chi connectivity index (χ0v) is 10.7. The van der Waals surface area contributed by atoms with Crippen LogP contribution in [0, 0.1) is 6.92 Å². The first-order valence-corrected chi connectivity index (χ1v) is 6.03. The van der Waals surface area contributed by atoms with Crippen LogP contribution in [0.25, 0.3) is 5.69 Å². The minimum atomic E-state index is -0.713. The number of rotatable bonds is 1. The summed E-state index contributed by atoms with van der Waals surface area (Å²) in [6.45, 7) is 2.32. The molecule has 0 saturated carbocycles. The van der Waals surface area contributed by atoms with Crippen LogP contribution in [0.5, 0.6) is 17.4 Å². The highest BCUT2D eigenvalue weighted by Gasteiger charge is 2.16. The molecule has 0 bridgehead atoms. The Morgan fingerprint density at radius 3 is 2.65 bits per heavy atom. The van der Waals surface area contributed by atoms with E-state index in [1.807, 2.05) is 0 Å². The number of H-pyrrole nitrogens is 1. The van der Waals surface area contributed by atoms with Crippen LogP contribution in [0.15, 0.2) is 27.8 Å². The van der Waals surface area contributed by atoms with Gasteiger partial charge in [-0.1, -0.05) is 0 Å². The second kappa shape index (κ2) is 4.44. The normalized spacial score (nSPS) is 13.2. The molecule has 2 aromatic rings. The minimum Gasteiger partial charge on any atom is -0.494 e. The van der Waals surface area contributed by atoms with E-state index in [4.69, 9.17) is 9.47 Å². The van der Waals surface area contributed by atoms with E-state index < -0.39 is 17.1 Å². The fourth-order valence-electron chi connectivity index (χ4n) is 2.02. The van der Waals surface area contributed by atoms with Crippen molar-refractivity contribution >= 4 is 0 Å². The third-order valence-electron chi connectivity index (χ3n) is 3.10. The van der Waals surface area contributed by atoms with Crippen molar-refractivity contribution in [1.82, 2.24) is 9.55 Å². The van der Waals surface area contributed by atoms with Gasteiger partial charge in [-0.3, -0.25) is 9.78 Å². The van der Waals surface area contributed by atoms with Crippen molar-refractivity contribution < 1.29 is 14.6 Å². The number of aromatic nitrogens is 2. The number of ether oxygens (including phenoxy) is 2. The SMILES string of the molecule is Cc1c(O)n(-c2ccc3c(c2)OCCO3)c(=O)[nH]c1=O. The Morgan fingerprint density at radius 2 is 1.90 bits per heavy atom. The van der Waals surface area contributed by atoms with Gasteiger partial charge in [0.15, 0.2) is 11.5 Å². The Kier molecular flexibility index (Phi) is 2.74. The van der Waals surface area contributed by atoms with Crippen LogP contribution >= 0.6 is 0 Å². The summed E-state index contributed by atoms with van der Waals surface area (Å²) in [5.74, 6) is 0.674. The molecule has 2 heterocycles. The lowest BCUT2D eigenvalue weighted by molar-refractivity contribution is 0.171. The third-order valence-corrected chi connectivity index (χ3v) is 3.10. The Balaban J connectivity index is 2.22. The molecule has 1 aromatic carbocycles. The largest absolute Gasteiger partial charge is 0.494 e. The monoisotopic (exact) mass is 276 g/mol. The van der Waals surface area contributed by atoms with Crippen molar-refractivity contribution in [3.8, 4) is 23.1 Å². The smallest absolute Gasteiger partial charge is 0.335 e. The number of hydrogen-bond donors (Lipinski definition) is 2. The molecule has 0 radical (unpaired) electrons. The van der Waals surface area contributed by atoms with Crippen molar-refractivity contribution in [2.75, 3.05) is 13.2 Å². The van der Waals surface area contributed by atoms with Crippen LogP contribution in [-0.2, 0) is 0 Å². The summed E-state index contributed by atoms with van der Waals surface area (Å²) in [4.78, 5) is 25.4. The van der Waals surface area contributed by atoms with Crippen LogP contribution in [0.3, 0.4) is 0 Å². The lowest BCUT2D eigenvalue weighted by Crippen LogP contribution is -2.30. The highest BCUT2D eigenvalue weighted by molar-refractivity contribution is 5.50. The molecule has 0 atom stereocenters. The molecular formula is C13H12N2O5. The molecule has 1 aromatic heterocycles. The first-order chi connectivity index (χ1) is 9.58. The Morgan fingerprint density at radius 1 is 1.20 bits per heavy atom. The molecule has 2 N–H and O–H groups in total. The van der Waals surface area contributed by atoms with Gasteiger partial charge in [-0.15, -0.1) is 0 Å². The summed E-state index contributed by atoms with van der Waals surface area (Å²) < 4.78 is 11.8. The van der Waals surface area contributed by atoms with Gasteiger partial charge >= 0.3 is 5.69 Å². The number of benzene rings is 1. The Hall–Kier alpha value is -2.70. The highest BCUT2D eigenvalue weighted by atomic mass is 16.6. The first kappa shape index (κ1) is 12.3. The van der Waals surface area contributed by atoms with Crippen molar-refractivity contribution in [3.05, 3.63) is 44.6 Å². The third kappa shape index (κ3) is 1.83. The van der Waals surface area contributed by atoms with Gasteiger partial charge < -0.3 is 14.6 Å². The lowest BCUT2D eigenvalue weighted by atomic mass is 10.2.